The van der Waals surface area contributed by atoms with Crippen molar-refractivity contribution in [2.24, 2.45) is 5.73 Å². The molecular weight excluding hydrogens is 306 g/mol. The van der Waals surface area contributed by atoms with E-state index < -0.39 is 0 Å². The summed E-state index contributed by atoms with van der Waals surface area (Å²) < 4.78 is 6.33. The Bertz CT molecular complexity index is 759. The molecule has 1 aliphatic carbocycles. The Kier molecular flexibility index (Phi) is 3.44. The van der Waals surface area contributed by atoms with Gasteiger partial charge in [-0.3, -0.25) is 0 Å². The summed E-state index contributed by atoms with van der Waals surface area (Å²) in [6.45, 7) is 4.28. The Labute approximate surface area is 142 Å². The van der Waals surface area contributed by atoms with Crippen LogP contribution < -0.4 is 10.5 Å². The first kappa shape index (κ1) is 15.0. The zero-order valence-electron chi connectivity index (χ0n) is 13.7. The van der Waals surface area contributed by atoms with Crippen LogP contribution >= 0.6 is 11.6 Å². The summed E-state index contributed by atoms with van der Waals surface area (Å²) >= 11 is 6.40. The fourth-order valence-electron chi connectivity index (χ4n) is 3.75. The standard InChI is InChI=1S/C20H22ClNO/c1-12-4-3-5-13(2)18(12)17-10-15(21)8-14-9-16(23-19(14)17)11-20(22)6-7-20/h3-5,8,10,16H,6-7,9,11,22H2,1-2H3. The molecule has 1 fully saturated rings. The van der Waals surface area contributed by atoms with Crippen molar-refractivity contribution in [3.8, 4) is 16.9 Å². The molecule has 4 rings (SSSR count). The molecule has 1 unspecified atom stereocenters. The third kappa shape index (κ3) is 2.75. The van der Waals surface area contributed by atoms with Crippen molar-refractivity contribution >= 4 is 11.6 Å². The van der Waals surface area contributed by atoms with E-state index in [2.05, 4.69) is 32.0 Å². The van der Waals surface area contributed by atoms with Crippen LogP contribution in [0.3, 0.4) is 0 Å². The van der Waals surface area contributed by atoms with E-state index >= 15 is 0 Å². The average Bonchev–Trinajstić information content (AvgIpc) is 3.05. The molecule has 1 atom stereocenters. The third-order valence-electron chi connectivity index (χ3n) is 5.14. The van der Waals surface area contributed by atoms with E-state index in [9.17, 15) is 0 Å². The summed E-state index contributed by atoms with van der Waals surface area (Å²) in [5.74, 6) is 1.00. The van der Waals surface area contributed by atoms with Crippen molar-refractivity contribution in [2.45, 2.75) is 51.2 Å². The molecule has 1 aliphatic heterocycles. The Hall–Kier alpha value is -1.51. The first-order chi connectivity index (χ1) is 11.0. The number of benzene rings is 2. The number of nitrogens with two attached hydrogens (primary N) is 1. The van der Waals surface area contributed by atoms with E-state index in [4.69, 9.17) is 22.1 Å². The lowest BCUT2D eigenvalue weighted by atomic mass is 9.93. The highest BCUT2D eigenvalue weighted by Crippen LogP contribution is 2.46. The molecule has 0 amide bonds. The Morgan fingerprint density at radius 2 is 1.91 bits per heavy atom. The van der Waals surface area contributed by atoms with E-state index in [1.54, 1.807) is 0 Å². The number of hydrogen-bond acceptors (Lipinski definition) is 2. The fourth-order valence-corrected chi connectivity index (χ4v) is 3.99. The van der Waals surface area contributed by atoms with Crippen LogP contribution in [0, 0.1) is 13.8 Å². The summed E-state index contributed by atoms with van der Waals surface area (Å²) in [4.78, 5) is 0. The van der Waals surface area contributed by atoms with Crippen LogP contribution in [0.25, 0.3) is 11.1 Å². The van der Waals surface area contributed by atoms with E-state index in [1.807, 2.05) is 12.1 Å². The van der Waals surface area contributed by atoms with Gasteiger partial charge in [0.25, 0.3) is 0 Å². The zero-order valence-corrected chi connectivity index (χ0v) is 14.4. The second kappa shape index (κ2) is 5.25. The molecule has 0 spiro atoms. The minimum absolute atomic E-state index is 0.00917. The van der Waals surface area contributed by atoms with Crippen LogP contribution in [-0.4, -0.2) is 11.6 Å². The normalized spacial score (nSPS) is 21.0. The summed E-state index contributed by atoms with van der Waals surface area (Å²) in [6.07, 6.45) is 4.26. The van der Waals surface area contributed by atoms with E-state index in [1.165, 1.54) is 22.3 Å². The van der Waals surface area contributed by atoms with Gasteiger partial charge in [-0.05, 0) is 61.1 Å². The number of rotatable bonds is 3. The van der Waals surface area contributed by atoms with Crippen LogP contribution in [0.5, 0.6) is 5.75 Å². The van der Waals surface area contributed by atoms with Gasteiger partial charge in [-0.1, -0.05) is 29.8 Å². The molecule has 0 saturated heterocycles. The quantitative estimate of drug-likeness (QED) is 0.878. The number of ether oxygens (including phenoxy) is 1. The fraction of sp³-hybridized carbons (Fsp3) is 0.400. The summed E-state index contributed by atoms with van der Waals surface area (Å²) in [5.41, 5.74) is 12.4. The predicted octanol–water partition coefficient (Wildman–Crippen LogP) is 4.81. The minimum Gasteiger partial charge on any atom is -0.489 e. The minimum atomic E-state index is 0.00917. The maximum atomic E-state index is 6.40. The molecule has 120 valence electrons. The van der Waals surface area contributed by atoms with Gasteiger partial charge in [0.1, 0.15) is 11.9 Å². The zero-order chi connectivity index (χ0) is 16.2. The highest BCUT2D eigenvalue weighted by molar-refractivity contribution is 6.31. The molecular formula is C20H22ClNO. The highest BCUT2D eigenvalue weighted by atomic mass is 35.5. The first-order valence-electron chi connectivity index (χ1n) is 8.30. The van der Waals surface area contributed by atoms with Gasteiger partial charge in [0.15, 0.2) is 0 Å². The SMILES string of the molecule is Cc1cccc(C)c1-c1cc(Cl)cc2c1OC(CC1(N)CC1)C2. The van der Waals surface area contributed by atoms with E-state index in [0.29, 0.717) is 0 Å². The largest absolute Gasteiger partial charge is 0.489 e. The Balaban J connectivity index is 1.76. The molecule has 2 aromatic rings. The Morgan fingerprint density at radius 3 is 2.57 bits per heavy atom. The molecule has 0 radical (unpaired) electrons. The molecule has 0 bridgehead atoms. The van der Waals surface area contributed by atoms with Crippen LogP contribution in [0.4, 0.5) is 0 Å². The second-order valence-corrected chi connectivity index (χ2v) is 7.66. The lowest BCUT2D eigenvalue weighted by molar-refractivity contribution is 0.207. The van der Waals surface area contributed by atoms with Crippen molar-refractivity contribution in [2.75, 3.05) is 0 Å². The second-order valence-electron chi connectivity index (χ2n) is 7.22. The number of fused-ring (bicyclic) bond motifs is 1. The molecule has 23 heavy (non-hydrogen) atoms. The van der Waals surface area contributed by atoms with Gasteiger partial charge in [-0.15, -0.1) is 0 Å². The molecule has 1 heterocycles. The van der Waals surface area contributed by atoms with Crippen molar-refractivity contribution in [1.29, 1.82) is 0 Å². The molecule has 2 aliphatic rings. The van der Waals surface area contributed by atoms with Gasteiger partial charge in [-0.25, -0.2) is 0 Å². The van der Waals surface area contributed by atoms with Gasteiger partial charge in [-0.2, -0.15) is 0 Å². The van der Waals surface area contributed by atoms with Gasteiger partial charge in [0.2, 0.25) is 0 Å². The lowest BCUT2D eigenvalue weighted by Gasteiger charge is -2.17. The van der Waals surface area contributed by atoms with Gasteiger partial charge < -0.3 is 10.5 Å². The van der Waals surface area contributed by atoms with Gasteiger partial charge >= 0.3 is 0 Å². The lowest BCUT2D eigenvalue weighted by Crippen LogP contribution is -2.30. The molecule has 2 aromatic carbocycles. The molecule has 0 aromatic heterocycles. The monoisotopic (exact) mass is 327 g/mol. The molecule has 2 nitrogen and oxygen atoms in total. The predicted molar refractivity (Wildman–Crippen MR) is 95.3 cm³/mol. The molecule has 2 N–H and O–H groups in total. The van der Waals surface area contributed by atoms with Crippen molar-refractivity contribution in [1.82, 2.24) is 0 Å². The average molecular weight is 328 g/mol. The number of halogens is 1. The van der Waals surface area contributed by atoms with E-state index in [0.717, 1.165) is 42.0 Å². The van der Waals surface area contributed by atoms with Crippen molar-refractivity contribution in [3.63, 3.8) is 0 Å². The maximum absolute atomic E-state index is 6.40. The summed E-state index contributed by atoms with van der Waals surface area (Å²) in [5, 5.41) is 0.777. The van der Waals surface area contributed by atoms with Crippen LogP contribution in [0.15, 0.2) is 30.3 Å². The van der Waals surface area contributed by atoms with Crippen LogP contribution in [0.1, 0.15) is 36.0 Å². The molecule has 3 heteroatoms. The Morgan fingerprint density at radius 1 is 1.22 bits per heavy atom. The first-order valence-corrected chi connectivity index (χ1v) is 8.67. The van der Waals surface area contributed by atoms with Crippen molar-refractivity contribution < 1.29 is 4.74 Å². The van der Waals surface area contributed by atoms with Gasteiger partial charge in [0, 0.05) is 29.0 Å². The van der Waals surface area contributed by atoms with Crippen LogP contribution in [0.2, 0.25) is 5.02 Å². The maximum Gasteiger partial charge on any atom is 0.131 e. The summed E-state index contributed by atoms with van der Waals surface area (Å²) in [7, 11) is 0. The molecule has 1 saturated carbocycles. The van der Waals surface area contributed by atoms with Crippen LogP contribution in [-0.2, 0) is 6.42 Å². The topological polar surface area (TPSA) is 35.2 Å². The van der Waals surface area contributed by atoms with Gasteiger partial charge in [0.05, 0.1) is 0 Å². The smallest absolute Gasteiger partial charge is 0.131 e. The highest BCUT2D eigenvalue weighted by Gasteiger charge is 2.42. The van der Waals surface area contributed by atoms with Crippen molar-refractivity contribution in [3.05, 3.63) is 52.0 Å². The number of hydrogen-bond donors (Lipinski definition) is 1. The van der Waals surface area contributed by atoms with E-state index in [-0.39, 0.29) is 11.6 Å². The third-order valence-corrected chi connectivity index (χ3v) is 5.36. The summed E-state index contributed by atoms with van der Waals surface area (Å²) in [6, 6.07) is 10.5. The number of aryl methyl sites for hydroxylation is 2.